The third kappa shape index (κ3) is 2.79. The van der Waals surface area contributed by atoms with Gasteiger partial charge in [0.15, 0.2) is 0 Å². The third-order valence-corrected chi connectivity index (χ3v) is 1.88. The second-order valence-electron chi connectivity index (χ2n) is 3.58. The standard InChI is InChI=1S/C10H16O/c1-8(2)7-9-3-5-10(11)6-4-9/h3,5,8,11H,4,6-7H2,1-2H3. The molecule has 0 heterocycles. The number of aliphatic hydroxyl groups is 1. The molecule has 62 valence electrons. The van der Waals surface area contributed by atoms with Gasteiger partial charge in [0.2, 0.25) is 0 Å². The van der Waals surface area contributed by atoms with E-state index >= 15 is 0 Å². The predicted molar refractivity (Wildman–Crippen MR) is 47.5 cm³/mol. The van der Waals surface area contributed by atoms with Crippen LogP contribution in [0.4, 0.5) is 0 Å². The summed E-state index contributed by atoms with van der Waals surface area (Å²) in [6.45, 7) is 4.44. The maximum atomic E-state index is 9.08. The number of allylic oxidation sites excluding steroid dienone is 4. The van der Waals surface area contributed by atoms with Crippen molar-refractivity contribution in [3.05, 3.63) is 23.5 Å². The van der Waals surface area contributed by atoms with Crippen LogP contribution in [0.3, 0.4) is 0 Å². The van der Waals surface area contributed by atoms with Gasteiger partial charge in [0.25, 0.3) is 0 Å². The Balaban J connectivity index is 2.48. The maximum absolute atomic E-state index is 9.08. The molecule has 1 aliphatic rings. The maximum Gasteiger partial charge on any atom is 0.0925 e. The molecule has 0 atom stereocenters. The number of aliphatic hydroxyl groups excluding tert-OH is 1. The summed E-state index contributed by atoms with van der Waals surface area (Å²) in [6.07, 6.45) is 6.92. The molecule has 1 heteroatoms. The summed E-state index contributed by atoms with van der Waals surface area (Å²) in [5, 5.41) is 9.08. The quantitative estimate of drug-likeness (QED) is 0.644. The van der Waals surface area contributed by atoms with Crippen LogP contribution in [0.15, 0.2) is 23.5 Å². The van der Waals surface area contributed by atoms with E-state index in [1.165, 1.54) is 12.0 Å². The van der Waals surface area contributed by atoms with E-state index in [4.69, 9.17) is 5.11 Å². The first kappa shape index (κ1) is 8.38. The van der Waals surface area contributed by atoms with Crippen LogP contribution in [0, 0.1) is 5.92 Å². The van der Waals surface area contributed by atoms with Gasteiger partial charge in [0.05, 0.1) is 5.76 Å². The summed E-state index contributed by atoms with van der Waals surface area (Å²) in [7, 11) is 0. The van der Waals surface area contributed by atoms with E-state index in [0.717, 1.165) is 18.8 Å². The Kier molecular flexibility index (Phi) is 2.75. The minimum atomic E-state index is 0.525. The van der Waals surface area contributed by atoms with Gasteiger partial charge in [0, 0.05) is 6.42 Å². The van der Waals surface area contributed by atoms with Crippen molar-refractivity contribution < 1.29 is 5.11 Å². The third-order valence-electron chi connectivity index (χ3n) is 1.88. The molecule has 11 heavy (non-hydrogen) atoms. The van der Waals surface area contributed by atoms with Gasteiger partial charge in [-0.15, -0.1) is 0 Å². The van der Waals surface area contributed by atoms with Crippen LogP contribution in [0.5, 0.6) is 0 Å². The first-order valence-electron chi connectivity index (χ1n) is 4.26. The van der Waals surface area contributed by atoms with E-state index in [2.05, 4.69) is 19.9 Å². The number of hydrogen-bond acceptors (Lipinski definition) is 1. The normalized spacial score (nSPS) is 18.1. The summed E-state index contributed by atoms with van der Waals surface area (Å²) < 4.78 is 0. The minimum Gasteiger partial charge on any atom is -0.512 e. The van der Waals surface area contributed by atoms with Gasteiger partial charge < -0.3 is 5.11 Å². The molecule has 0 saturated carbocycles. The molecular formula is C10H16O. The van der Waals surface area contributed by atoms with Crippen molar-refractivity contribution in [2.24, 2.45) is 5.92 Å². The van der Waals surface area contributed by atoms with Crippen molar-refractivity contribution in [1.82, 2.24) is 0 Å². The molecule has 0 radical (unpaired) electrons. The summed E-state index contributed by atoms with van der Waals surface area (Å²) in [4.78, 5) is 0. The van der Waals surface area contributed by atoms with Crippen LogP contribution < -0.4 is 0 Å². The van der Waals surface area contributed by atoms with E-state index in [9.17, 15) is 0 Å². The zero-order valence-corrected chi connectivity index (χ0v) is 7.30. The molecular weight excluding hydrogens is 136 g/mol. The fraction of sp³-hybridized carbons (Fsp3) is 0.600. The molecule has 1 nitrogen and oxygen atoms in total. The number of hydrogen-bond donors (Lipinski definition) is 1. The van der Waals surface area contributed by atoms with Gasteiger partial charge in [-0.3, -0.25) is 0 Å². The van der Waals surface area contributed by atoms with Gasteiger partial charge in [-0.25, -0.2) is 0 Å². The smallest absolute Gasteiger partial charge is 0.0925 e. The van der Waals surface area contributed by atoms with Crippen LogP contribution in [-0.2, 0) is 0 Å². The van der Waals surface area contributed by atoms with Crippen molar-refractivity contribution in [3.63, 3.8) is 0 Å². The van der Waals surface area contributed by atoms with Gasteiger partial charge in [-0.1, -0.05) is 25.5 Å². The molecule has 0 bridgehead atoms. The number of rotatable bonds is 2. The van der Waals surface area contributed by atoms with Gasteiger partial charge >= 0.3 is 0 Å². The van der Waals surface area contributed by atoms with Crippen molar-refractivity contribution in [2.45, 2.75) is 33.1 Å². The fourth-order valence-electron chi connectivity index (χ4n) is 1.36. The lowest BCUT2D eigenvalue weighted by molar-refractivity contribution is 0.383. The first-order valence-corrected chi connectivity index (χ1v) is 4.26. The lowest BCUT2D eigenvalue weighted by atomic mass is 9.95. The Morgan fingerprint density at radius 1 is 1.36 bits per heavy atom. The molecule has 1 rings (SSSR count). The van der Waals surface area contributed by atoms with Crippen molar-refractivity contribution in [1.29, 1.82) is 0 Å². The van der Waals surface area contributed by atoms with Crippen molar-refractivity contribution >= 4 is 0 Å². The Morgan fingerprint density at radius 2 is 2.09 bits per heavy atom. The molecule has 0 aliphatic heterocycles. The van der Waals surface area contributed by atoms with E-state index < -0.39 is 0 Å². The van der Waals surface area contributed by atoms with Crippen LogP contribution in [0.2, 0.25) is 0 Å². The first-order chi connectivity index (χ1) is 5.18. The van der Waals surface area contributed by atoms with Gasteiger partial charge in [-0.05, 0) is 24.8 Å². The molecule has 0 aromatic heterocycles. The van der Waals surface area contributed by atoms with Gasteiger partial charge in [-0.2, -0.15) is 0 Å². The molecule has 1 aliphatic carbocycles. The molecule has 0 amide bonds. The zero-order chi connectivity index (χ0) is 8.27. The van der Waals surface area contributed by atoms with E-state index in [1.54, 1.807) is 0 Å². The molecule has 0 aromatic carbocycles. The Morgan fingerprint density at radius 3 is 2.55 bits per heavy atom. The summed E-state index contributed by atoms with van der Waals surface area (Å²) in [6, 6.07) is 0. The van der Waals surface area contributed by atoms with E-state index in [-0.39, 0.29) is 0 Å². The van der Waals surface area contributed by atoms with Crippen molar-refractivity contribution in [2.75, 3.05) is 0 Å². The summed E-state index contributed by atoms with van der Waals surface area (Å²) in [5.74, 6) is 1.26. The highest BCUT2D eigenvalue weighted by Crippen LogP contribution is 2.21. The zero-order valence-electron chi connectivity index (χ0n) is 7.30. The Labute approximate surface area is 68.4 Å². The fourth-order valence-corrected chi connectivity index (χ4v) is 1.36. The Hall–Kier alpha value is -0.720. The average Bonchev–Trinajstić information content (AvgIpc) is 1.93. The predicted octanol–water partition coefficient (Wildman–Crippen LogP) is 3.19. The highest BCUT2D eigenvalue weighted by molar-refractivity contribution is 5.20. The molecule has 0 fully saturated rings. The van der Waals surface area contributed by atoms with E-state index in [0.29, 0.717) is 5.76 Å². The average molecular weight is 152 g/mol. The molecule has 0 unspecified atom stereocenters. The second kappa shape index (κ2) is 3.61. The van der Waals surface area contributed by atoms with Crippen LogP contribution in [0.1, 0.15) is 33.1 Å². The summed E-state index contributed by atoms with van der Waals surface area (Å²) >= 11 is 0. The highest BCUT2D eigenvalue weighted by Gasteiger charge is 2.05. The highest BCUT2D eigenvalue weighted by atomic mass is 16.3. The van der Waals surface area contributed by atoms with Crippen LogP contribution in [0.25, 0.3) is 0 Å². The molecule has 0 spiro atoms. The molecule has 0 aromatic rings. The largest absolute Gasteiger partial charge is 0.512 e. The lowest BCUT2D eigenvalue weighted by Crippen LogP contribution is -1.96. The molecule has 1 N–H and O–H groups in total. The van der Waals surface area contributed by atoms with E-state index in [1.807, 2.05) is 6.08 Å². The lowest BCUT2D eigenvalue weighted by Gasteiger charge is -2.12. The SMILES string of the molecule is CC(C)CC1=CC=C(O)CC1. The minimum absolute atomic E-state index is 0.525. The second-order valence-corrected chi connectivity index (χ2v) is 3.58. The topological polar surface area (TPSA) is 20.2 Å². The molecule has 0 saturated heterocycles. The monoisotopic (exact) mass is 152 g/mol. The van der Waals surface area contributed by atoms with Crippen molar-refractivity contribution in [3.8, 4) is 0 Å². The Bertz CT molecular complexity index is 187. The van der Waals surface area contributed by atoms with Crippen LogP contribution in [-0.4, -0.2) is 5.11 Å². The van der Waals surface area contributed by atoms with Gasteiger partial charge in [0.1, 0.15) is 0 Å². The van der Waals surface area contributed by atoms with Crippen LogP contribution >= 0.6 is 0 Å². The summed E-state index contributed by atoms with van der Waals surface area (Å²) in [5.41, 5.74) is 1.47.